The predicted octanol–water partition coefficient (Wildman–Crippen LogP) is 23.8. The van der Waals surface area contributed by atoms with E-state index in [0.717, 1.165) is 123 Å². The summed E-state index contributed by atoms with van der Waals surface area (Å²) in [7, 11) is 0. The molecule has 0 bridgehead atoms. The van der Waals surface area contributed by atoms with Crippen molar-refractivity contribution in [3.63, 3.8) is 0 Å². The van der Waals surface area contributed by atoms with Crippen LogP contribution in [0.3, 0.4) is 0 Å². The van der Waals surface area contributed by atoms with E-state index in [-0.39, 0.29) is 0 Å². The van der Waals surface area contributed by atoms with E-state index >= 15 is 0 Å². The van der Waals surface area contributed by atoms with E-state index in [2.05, 4.69) is 291 Å². The van der Waals surface area contributed by atoms with E-state index in [1.54, 1.807) is 0 Å². The lowest BCUT2D eigenvalue weighted by Crippen LogP contribution is -2.02. The van der Waals surface area contributed by atoms with E-state index < -0.39 is 0 Å². The van der Waals surface area contributed by atoms with Crippen molar-refractivity contribution in [2.45, 2.75) is 0 Å². The number of furan rings is 2. The Labute approximate surface area is 582 Å². The van der Waals surface area contributed by atoms with E-state index in [1.165, 1.54) is 65.2 Å². The van der Waals surface area contributed by atoms with Gasteiger partial charge in [-0.05, 0) is 109 Å². The van der Waals surface area contributed by atoms with Crippen LogP contribution in [-0.4, -0.2) is 38.2 Å². The van der Waals surface area contributed by atoms with Gasteiger partial charge in [0.2, 0.25) is 0 Å². The molecule has 0 radical (unpaired) electrons. The van der Waals surface area contributed by atoms with Crippen LogP contribution in [0.25, 0.3) is 199 Å². The molecule has 22 rings (SSSR count). The fraction of sp³-hybridized carbons (Fsp3) is 0. The second-order valence-corrected chi connectivity index (χ2v) is 26.0. The molecule has 0 atom stereocenters. The van der Waals surface area contributed by atoms with Crippen molar-refractivity contribution in [2.24, 2.45) is 0 Å². The van der Waals surface area contributed by atoms with Gasteiger partial charge in [0.25, 0.3) is 0 Å². The van der Waals surface area contributed by atoms with Crippen molar-refractivity contribution in [1.82, 2.24) is 38.2 Å². The minimum absolute atomic E-state index is 0.649. The molecule has 476 valence electrons. The zero-order valence-corrected chi connectivity index (χ0v) is 54.7. The number of aromatic nitrogens is 8. The first-order valence-electron chi connectivity index (χ1n) is 34.3. The third-order valence-corrected chi connectivity index (χ3v) is 20.3. The minimum atomic E-state index is 0.649. The highest BCUT2D eigenvalue weighted by Crippen LogP contribution is 2.44. The Morgan fingerprint density at radius 3 is 1.07 bits per heavy atom. The van der Waals surface area contributed by atoms with Crippen LogP contribution in [0.15, 0.2) is 349 Å². The Morgan fingerprint density at radius 1 is 0.206 bits per heavy atom. The highest BCUT2D eigenvalue weighted by atomic mass is 16.3. The van der Waals surface area contributed by atoms with E-state index in [1.807, 2.05) is 66.7 Å². The Bertz CT molecular complexity index is 7120. The molecule has 22 aromatic rings. The fourth-order valence-electron chi connectivity index (χ4n) is 15.8. The monoisotopic (exact) mass is 1300 g/mol. The molecule has 0 aliphatic heterocycles. The van der Waals surface area contributed by atoms with Crippen molar-refractivity contribution in [1.29, 1.82) is 0 Å². The molecular formula is C92H56N8O2. The van der Waals surface area contributed by atoms with Crippen LogP contribution in [0.5, 0.6) is 0 Å². The third kappa shape index (κ3) is 8.99. The van der Waals surface area contributed by atoms with Gasteiger partial charge in [-0.3, -0.25) is 9.13 Å². The summed E-state index contributed by atoms with van der Waals surface area (Å²) >= 11 is 0. The molecule has 10 nitrogen and oxygen atoms in total. The van der Waals surface area contributed by atoms with Gasteiger partial charge in [0.05, 0.1) is 55.5 Å². The summed E-state index contributed by atoms with van der Waals surface area (Å²) in [4.78, 5) is 21.2. The molecule has 8 aromatic heterocycles. The Balaban J connectivity index is 0.000000133. The molecule has 10 heteroatoms. The number of fused-ring (bicyclic) bond motifs is 18. The number of hydrogen-bond donors (Lipinski definition) is 0. The van der Waals surface area contributed by atoms with Crippen molar-refractivity contribution >= 4 is 131 Å². The lowest BCUT2D eigenvalue weighted by molar-refractivity contribution is 0.668. The van der Waals surface area contributed by atoms with Crippen LogP contribution in [0.1, 0.15) is 0 Å². The molecule has 0 N–H and O–H groups in total. The quantitative estimate of drug-likeness (QED) is 0.150. The number of benzene rings is 14. The molecule has 0 saturated heterocycles. The molecule has 0 saturated carbocycles. The number of para-hydroxylation sites is 8. The molecular weight excluding hydrogens is 1250 g/mol. The summed E-state index contributed by atoms with van der Waals surface area (Å²) in [6.45, 7) is 0. The van der Waals surface area contributed by atoms with Crippen molar-refractivity contribution in [3.05, 3.63) is 340 Å². The topological polar surface area (TPSA) is 97.6 Å². The number of nitrogens with zero attached hydrogens (tertiary/aromatic N) is 8. The van der Waals surface area contributed by atoms with Gasteiger partial charge in [-0.25, -0.2) is 19.9 Å². The smallest absolute Gasteiger partial charge is 0.162 e. The van der Waals surface area contributed by atoms with Crippen molar-refractivity contribution < 1.29 is 8.83 Å². The van der Waals surface area contributed by atoms with Crippen LogP contribution < -0.4 is 0 Å². The van der Waals surface area contributed by atoms with E-state index in [9.17, 15) is 0 Å². The van der Waals surface area contributed by atoms with Crippen LogP contribution >= 0.6 is 0 Å². The second kappa shape index (κ2) is 22.8. The molecule has 0 unspecified atom stereocenters. The summed E-state index contributed by atoms with van der Waals surface area (Å²) < 4.78 is 21.8. The number of hydrogen-bond acceptors (Lipinski definition) is 6. The maximum Gasteiger partial charge on any atom is 0.162 e. The first kappa shape index (κ1) is 57.1. The average molecular weight is 1310 g/mol. The van der Waals surface area contributed by atoms with Gasteiger partial charge < -0.3 is 18.0 Å². The standard InChI is InChI=1S/2C46H28N4O/c1-3-14-29(15-4-1)37-28-44(48-46(47-37)34-21-13-25-43-45(34)33-20-9-12-24-42(33)51-43)50-39-23-11-8-19-32(39)36-26-40-35(27-41(36)50)31-18-7-10-22-38(31)49(40)30-16-5-2-6-17-30;1-3-13-29(14-4-1)38-28-45(48-46(47-38)30-23-24-44-37(25-30)34-19-9-12-22-43(34)51-44)50-40-21-11-8-18-33(40)36-26-41-35(27-42(36)50)32-17-7-10-20-39(32)49(41)31-15-5-2-6-16-31/h2*1-28H. The maximum atomic E-state index is 6.29. The van der Waals surface area contributed by atoms with Crippen LogP contribution in [0.4, 0.5) is 0 Å². The average Bonchev–Trinajstić information content (AvgIpc) is 1.56. The van der Waals surface area contributed by atoms with Crippen LogP contribution in [-0.2, 0) is 0 Å². The Morgan fingerprint density at radius 2 is 0.569 bits per heavy atom. The lowest BCUT2D eigenvalue weighted by atomic mass is 10.1. The molecule has 8 heterocycles. The van der Waals surface area contributed by atoms with Crippen LogP contribution in [0.2, 0.25) is 0 Å². The van der Waals surface area contributed by atoms with E-state index in [0.29, 0.717) is 11.6 Å². The molecule has 102 heavy (non-hydrogen) atoms. The van der Waals surface area contributed by atoms with Gasteiger partial charge in [0, 0.05) is 110 Å². The minimum Gasteiger partial charge on any atom is -0.456 e. The maximum absolute atomic E-state index is 6.29. The predicted molar refractivity (Wildman–Crippen MR) is 418 cm³/mol. The highest BCUT2D eigenvalue weighted by molar-refractivity contribution is 6.21. The van der Waals surface area contributed by atoms with Gasteiger partial charge >= 0.3 is 0 Å². The SMILES string of the molecule is c1ccc(-c2cc(-n3c4ccccc4c4cc5c(cc43)c3ccccc3n5-c3ccccc3)nc(-c3ccc4oc5ccccc5c4c3)n2)cc1.c1ccc(-c2cc(-n3c4ccccc4c4cc5c(cc43)c3ccccc3n5-c3ccccc3)nc(-c3cccc4oc5ccccc5c34)n2)cc1. The second-order valence-electron chi connectivity index (χ2n) is 26.0. The Kier molecular flexibility index (Phi) is 12.8. The largest absolute Gasteiger partial charge is 0.456 e. The summed E-state index contributed by atoms with van der Waals surface area (Å²) in [6, 6.07) is 119. The van der Waals surface area contributed by atoms with Crippen molar-refractivity contribution in [3.8, 4) is 68.3 Å². The van der Waals surface area contributed by atoms with Crippen LogP contribution in [0, 0.1) is 0 Å². The molecule has 0 amide bonds. The normalized spacial score (nSPS) is 11.9. The molecule has 0 aliphatic carbocycles. The first-order valence-corrected chi connectivity index (χ1v) is 34.3. The summed E-state index contributed by atoms with van der Waals surface area (Å²) in [5.41, 5.74) is 20.4. The zero-order valence-electron chi connectivity index (χ0n) is 54.7. The fourth-order valence-corrected chi connectivity index (χ4v) is 15.8. The number of rotatable bonds is 8. The molecule has 0 spiro atoms. The Hall–Kier alpha value is -14.0. The van der Waals surface area contributed by atoms with Gasteiger partial charge in [-0.15, -0.1) is 0 Å². The highest BCUT2D eigenvalue weighted by Gasteiger charge is 2.25. The van der Waals surface area contributed by atoms with Gasteiger partial charge in [0.1, 0.15) is 34.0 Å². The summed E-state index contributed by atoms with van der Waals surface area (Å²) in [5, 5.41) is 13.7. The molecule has 14 aromatic carbocycles. The summed E-state index contributed by atoms with van der Waals surface area (Å²) in [6.07, 6.45) is 0. The first-order chi connectivity index (χ1) is 50.6. The van der Waals surface area contributed by atoms with Gasteiger partial charge in [-0.1, -0.05) is 218 Å². The lowest BCUT2D eigenvalue weighted by Gasteiger charge is -2.13. The van der Waals surface area contributed by atoms with Gasteiger partial charge in [0.15, 0.2) is 11.6 Å². The molecule has 0 aliphatic rings. The molecule has 0 fully saturated rings. The van der Waals surface area contributed by atoms with Crippen molar-refractivity contribution in [2.75, 3.05) is 0 Å². The van der Waals surface area contributed by atoms with Gasteiger partial charge in [-0.2, -0.15) is 0 Å². The third-order valence-electron chi connectivity index (χ3n) is 20.3. The summed E-state index contributed by atoms with van der Waals surface area (Å²) in [5.74, 6) is 2.93. The zero-order chi connectivity index (χ0) is 66.9. The van der Waals surface area contributed by atoms with E-state index in [4.69, 9.17) is 28.8 Å².